The molecule has 1 saturated carbocycles. The summed E-state index contributed by atoms with van der Waals surface area (Å²) < 4.78 is 5.64. The third-order valence-electron chi connectivity index (χ3n) is 4.57. The van der Waals surface area contributed by atoms with E-state index in [-0.39, 0.29) is 0 Å². The summed E-state index contributed by atoms with van der Waals surface area (Å²) in [6.07, 6.45) is 3.89. The van der Waals surface area contributed by atoms with Crippen LogP contribution in [0.2, 0.25) is 0 Å². The highest BCUT2D eigenvalue weighted by Crippen LogP contribution is 2.51. The lowest BCUT2D eigenvalue weighted by molar-refractivity contribution is 0.0367. The molecule has 0 bridgehead atoms. The SMILES string of the molecule is CNC(C1CCCOC1)C1CC1c1ccccc1. The highest BCUT2D eigenvalue weighted by atomic mass is 16.5. The summed E-state index contributed by atoms with van der Waals surface area (Å²) in [6, 6.07) is 11.6. The zero-order valence-electron chi connectivity index (χ0n) is 11.1. The van der Waals surface area contributed by atoms with Crippen LogP contribution in [0.3, 0.4) is 0 Å². The van der Waals surface area contributed by atoms with Crippen molar-refractivity contribution in [2.24, 2.45) is 11.8 Å². The second-order valence-electron chi connectivity index (χ2n) is 5.71. The lowest BCUT2D eigenvalue weighted by Crippen LogP contribution is -2.40. The first kappa shape index (κ1) is 12.2. The van der Waals surface area contributed by atoms with Crippen molar-refractivity contribution in [1.82, 2.24) is 5.32 Å². The van der Waals surface area contributed by atoms with Crippen molar-refractivity contribution < 1.29 is 4.74 Å². The lowest BCUT2D eigenvalue weighted by Gasteiger charge is -2.30. The summed E-state index contributed by atoms with van der Waals surface area (Å²) in [6.45, 7) is 1.91. The molecular weight excluding hydrogens is 222 g/mol. The van der Waals surface area contributed by atoms with E-state index in [0.29, 0.717) is 12.0 Å². The van der Waals surface area contributed by atoms with Crippen LogP contribution >= 0.6 is 0 Å². The van der Waals surface area contributed by atoms with E-state index in [4.69, 9.17) is 4.74 Å². The molecule has 0 radical (unpaired) electrons. The summed E-state index contributed by atoms with van der Waals surface area (Å²) in [5.41, 5.74) is 1.51. The van der Waals surface area contributed by atoms with Gasteiger partial charge < -0.3 is 10.1 Å². The molecule has 2 aliphatic rings. The Kier molecular flexibility index (Phi) is 3.67. The molecule has 1 aliphatic heterocycles. The Morgan fingerprint density at radius 1 is 1.28 bits per heavy atom. The fourth-order valence-corrected chi connectivity index (χ4v) is 3.54. The zero-order valence-corrected chi connectivity index (χ0v) is 11.1. The molecule has 2 fully saturated rings. The number of hydrogen-bond donors (Lipinski definition) is 1. The maximum Gasteiger partial charge on any atom is 0.0509 e. The van der Waals surface area contributed by atoms with Crippen molar-refractivity contribution in [1.29, 1.82) is 0 Å². The molecule has 4 atom stereocenters. The average molecular weight is 245 g/mol. The number of ether oxygens (including phenoxy) is 1. The molecule has 0 spiro atoms. The van der Waals surface area contributed by atoms with Gasteiger partial charge in [0.25, 0.3) is 0 Å². The Bertz CT molecular complexity index is 372. The van der Waals surface area contributed by atoms with E-state index >= 15 is 0 Å². The van der Waals surface area contributed by atoms with E-state index in [9.17, 15) is 0 Å². The number of nitrogens with one attached hydrogen (secondary N) is 1. The molecule has 0 amide bonds. The molecule has 98 valence electrons. The first-order valence-electron chi connectivity index (χ1n) is 7.20. The van der Waals surface area contributed by atoms with Crippen LogP contribution in [0.25, 0.3) is 0 Å². The van der Waals surface area contributed by atoms with E-state index in [1.807, 2.05) is 0 Å². The quantitative estimate of drug-likeness (QED) is 0.880. The molecule has 1 aromatic rings. The molecule has 3 rings (SSSR count). The van der Waals surface area contributed by atoms with Gasteiger partial charge in [0, 0.05) is 12.6 Å². The van der Waals surface area contributed by atoms with Gasteiger partial charge in [0.15, 0.2) is 0 Å². The van der Waals surface area contributed by atoms with Gasteiger partial charge in [-0.3, -0.25) is 0 Å². The van der Waals surface area contributed by atoms with Crippen LogP contribution in [0.15, 0.2) is 30.3 Å². The van der Waals surface area contributed by atoms with Crippen molar-refractivity contribution in [3.63, 3.8) is 0 Å². The van der Waals surface area contributed by atoms with Crippen molar-refractivity contribution in [2.75, 3.05) is 20.3 Å². The standard InChI is InChI=1S/C16H23NO/c1-17-16(13-8-5-9-18-11-13)15-10-14(15)12-6-3-2-4-7-12/h2-4,6-7,13-17H,5,8-11H2,1H3. The Morgan fingerprint density at radius 2 is 2.11 bits per heavy atom. The first-order valence-corrected chi connectivity index (χ1v) is 7.20. The molecule has 2 nitrogen and oxygen atoms in total. The number of benzene rings is 1. The minimum absolute atomic E-state index is 0.635. The van der Waals surface area contributed by atoms with Crippen LogP contribution < -0.4 is 5.32 Å². The lowest BCUT2D eigenvalue weighted by atomic mass is 9.89. The third kappa shape index (κ3) is 2.45. The monoisotopic (exact) mass is 245 g/mol. The van der Waals surface area contributed by atoms with Crippen LogP contribution in [-0.4, -0.2) is 26.3 Å². The fourth-order valence-electron chi connectivity index (χ4n) is 3.54. The largest absolute Gasteiger partial charge is 0.381 e. The third-order valence-corrected chi connectivity index (χ3v) is 4.57. The Hall–Kier alpha value is -0.860. The molecule has 1 saturated heterocycles. The summed E-state index contributed by atoms with van der Waals surface area (Å²) in [5.74, 6) is 2.29. The molecule has 0 aromatic heterocycles. The van der Waals surface area contributed by atoms with Crippen LogP contribution in [0.1, 0.15) is 30.7 Å². The molecule has 1 aliphatic carbocycles. The smallest absolute Gasteiger partial charge is 0.0509 e. The van der Waals surface area contributed by atoms with E-state index in [1.54, 1.807) is 0 Å². The number of rotatable bonds is 4. The van der Waals surface area contributed by atoms with E-state index in [0.717, 1.165) is 25.0 Å². The van der Waals surface area contributed by atoms with Crippen LogP contribution in [0.4, 0.5) is 0 Å². The van der Waals surface area contributed by atoms with E-state index in [2.05, 4.69) is 42.7 Å². The molecule has 2 heteroatoms. The molecule has 1 heterocycles. The Morgan fingerprint density at radius 3 is 2.78 bits per heavy atom. The summed E-state index contributed by atoms with van der Waals surface area (Å²) in [4.78, 5) is 0. The topological polar surface area (TPSA) is 21.3 Å². The molecule has 1 aromatic carbocycles. The van der Waals surface area contributed by atoms with E-state index < -0.39 is 0 Å². The van der Waals surface area contributed by atoms with Gasteiger partial charge in [0.2, 0.25) is 0 Å². The highest BCUT2D eigenvalue weighted by molar-refractivity contribution is 5.26. The Balaban J connectivity index is 1.64. The second-order valence-corrected chi connectivity index (χ2v) is 5.71. The van der Waals surface area contributed by atoms with Crippen LogP contribution in [0.5, 0.6) is 0 Å². The fraction of sp³-hybridized carbons (Fsp3) is 0.625. The van der Waals surface area contributed by atoms with Gasteiger partial charge in [-0.15, -0.1) is 0 Å². The maximum absolute atomic E-state index is 5.64. The second kappa shape index (κ2) is 5.41. The molecule has 1 N–H and O–H groups in total. The highest BCUT2D eigenvalue weighted by Gasteiger charge is 2.45. The average Bonchev–Trinajstić information content (AvgIpc) is 3.22. The predicted molar refractivity (Wildman–Crippen MR) is 73.7 cm³/mol. The van der Waals surface area contributed by atoms with Gasteiger partial charge in [0.05, 0.1) is 6.61 Å². The van der Waals surface area contributed by atoms with Crippen molar-refractivity contribution in [3.05, 3.63) is 35.9 Å². The maximum atomic E-state index is 5.64. The summed E-state index contributed by atoms with van der Waals surface area (Å²) in [5, 5.41) is 3.55. The van der Waals surface area contributed by atoms with Crippen LogP contribution in [0, 0.1) is 11.8 Å². The summed E-state index contributed by atoms with van der Waals surface area (Å²) >= 11 is 0. The van der Waals surface area contributed by atoms with Gasteiger partial charge in [-0.05, 0) is 49.6 Å². The first-order chi connectivity index (χ1) is 8.90. The predicted octanol–water partition coefficient (Wildman–Crippen LogP) is 2.80. The van der Waals surface area contributed by atoms with Crippen molar-refractivity contribution in [2.45, 2.75) is 31.2 Å². The van der Waals surface area contributed by atoms with Gasteiger partial charge in [-0.1, -0.05) is 30.3 Å². The zero-order chi connectivity index (χ0) is 12.4. The molecule has 4 unspecified atom stereocenters. The van der Waals surface area contributed by atoms with E-state index in [1.165, 1.54) is 24.8 Å². The minimum atomic E-state index is 0.635. The van der Waals surface area contributed by atoms with Crippen LogP contribution in [-0.2, 0) is 4.74 Å². The van der Waals surface area contributed by atoms with Gasteiger partial charge in [0.1, 0.15) is 0 Å². The van der Waals surface area contributed by atoms with Crippen molar-refractivity contribution in [3.8, 4) is 0 Å². The van der Waals surface area contributed by atoms with Gasteiger partial charge in [-0.25, -0.2) is 0 Å². The minimum Gasteiger partial charge on any atom is -0.381 e. The number of hydrogen-bond acceptors (Lipinski definition) is 2. The molecular formula is C16H23NO. The van der Waals surface area contributed by atoms with Gasteiger partial charge >= 0.3 is 0 Å². The normalized spacial score (nSPS) is 33.1. The summed E-state index contributed by atoms with van der Waals surface area (Å²) in [7, 11) is 2.11. The van der Waals surface area contributed by atoms with Gasteiger partial charge in [-0.2, -0.15) is 0 Å². The Labute approximate surface area is 110 Å². The van der Waals surface area contributed by atoms with Crippen molar-refractivity contribution >= 4 is 0 Å². The molecule has 18 heavy (non-hydrogen) atoms.